The lowest BCUT2D eigenvalue weighted by molar-refractivity contribution is -0.0509. The number of rotatable bonds is 4. The van der Waals surface area contributed by atoms with E-state index >= 15 is 0 Å². The van der Waals surface area contributed by atoms with E-state index in [1.165, 1.54) is 0 Å². The van der Waals surface area contributed by atoms with Gasteiger partial charge in [-0.2, -0.15) is 34.8 Å². The van der Waals surface area contributed by atoms with Crippen LogP contribution in [0.5, 0.6) is 0 Å². The normalized spacial score (nSPS) is 15.6. The summed E-state index contributed by atoms with van der Waals surface area (Å²) < 4.78 is 137. The third-order valence-corrected chi connectivity index (χ3v) is 7.56. The van der Waals surface area contributed by atoms with Crippen molar-refractivity contribution in [1.29, 1.82) is 0 Å². The van der Waals surface area contributed by atoms with E-state index in [1.54, 1.807) is 0 Å². The van der Waals surface area contributed by atoms with E-state index in [2.05, 4.69) is 4.18 Å². The van der Waals surface area contributed by atoms with Crippen LogP contribution in [0.4, 0.5) is 26.3 Å². The highest BCUT2D eigenvalue weighted by molar-refractivity contribution is 8.16. The summed E-state index contributed by atoms with van der Waals surface area (Å²) in [5.74, 6) is 0. The quantitative estimate of drug-likeness (QED) is 0.629. The SMILES string of the molecule is COS(=O)(=O)N(S(=O)(=O)C(F)(F)F)S(=O)(=O)C(F)(F)F. The molecule has 0 rings (SSSR count). The first kappa shape index (κ1) is 19.4. The molecule has 8 nitrogen and oxygen atoms in total. The summed E-state index contributed by atoms with van der Waals surface area (Å²) >= 11 is 0. The number of hydrogen-bond donors (Lipinski definition) is 0. The molecule has 20 heavy (non-hydrogen) atoms. The number of sulfonamides is 2. The molecule has 0 atom stereocenters. The Kier molecular flexibility index (Phi) is 4.81. The first-order valence-corrected chi connectivity index (χ1v) is 7.91. The van der Waals surface area contributed by atoms with Crippen molar-refractivity contribution >= 4 is 30.4 Å². The van der Waals surface area contributed by atoms with Gasteiger partial charge in [-0.1, -0.05) is 0 Å². The summed E-state index contributed by atoms with van der Waals surface area (Å²) in [5, 5.41) is 0. The first-order valence-electron chi connectivity index (χ1n) is 3.66. The molecular formula is C3H3F6NO7S3. The predicted octanol–water partition coefficient (Wildman–Crippen LogP) is -0.121. The number of nitrogens with zero attached hydrogens (tertiary/aromatic N) is 1. The van der Waals surface area contributed by atoms with E-state index in [1.807, 2.05) is 0 Å². The zero-order chi connectivity index (χ0) is 16.8. The predicted molar refractivity (Wildman–Crippen MR) is 47.7 cm³/mol. The molecule has 0 aromatic carbocycles. The highest BCUT2D eigenvalue weighted by Crippen LogP contribution is 2.37. The van der Waals surface area contributed by atoms with E-state index in [9.17, 15) is 51.6 Å². The molecule has 0 aliphatic rings. The van der Waals surface area contributed by atoms with Crippen LogP contribution in [-0.2, 0) is 34.5 Å². The van der Waals surface area contributed by atoms with Gasteiger partial charge >= 0.3 is 41.4 Å². The molecule has 0 N–H and O–H groups in total. The van der Waals surface area contributed by atoms with Crippen molar-refractivity contribution in [3.05, 3.63) is 0 Å². The van der Waals surface area contributed by atoms with Crippen LogP contribution in [0.25, 0.3) is 0 Å². The lowest BCUT2D eigenvalue weighted by Gasteiger charge is -2.21. The van der Waals surface area contributed by atoms with Crippen LogP contribution in [0.2, 0.25) is 0 Å². The molecule has 0 saturated heterocycles. The maximum absolute atomic E-state index is 12.1. The fourth-order valence-corrected chi connectivity index (χ4v) is 5.39. The van der Waals surface area contributed by atoms with Crippen molar-refractivity contribution in [2.75, 3.05) is 7.11 Å². The summed E-state index contributed by atoms with van der Waals surface area (Å²) in [6.45, 7) is 0. The van der Waals surface area contributed by atoms with E-state index < -0.39 is 44.5 Å². The molecule has 0 spiro atoms. The van der Waals surface area contributed by atoms with E-state index in [-0.39, 0.29) is 7.11 Å². The second-order valence-corrected chi connectivity index (χ2v) is 8.46. The third kappa shape index (κ3) is 3.15. The zero-order valence-corrected chi connectivity index (χ0v) is 11.2. The molecule has 0 fully saturated rings. The lowest BCUT2D eigenvalue weighted by atomic mass is 11.6. The summed E-state index contributed by atoms with van der Waals surface area (Å²) in [6, 6.07) is 0. The van der Waals surface area contributed by atoms with Crippen molar-refractivity contribution in [3.8, 4) is 0 Å². The minimum Gasteiger partial charge on any atom is -0.260 e. The largest absolute Gasteiger partial charge is 0.513 e. The molecule has 0 unspecified atom stereocenters. The van der Waals surface area contributed by atoms with Gasteiger partial charge in [0, 0.05) is 0 Å². The van der Waals surface area contributed by atoms with Crippen LogP contribution >= 0.6 is 0 Å². The average molecular weight is 375 g/mol. The molecule has 0 aliphatic carbocycles. The van der Waals surface area contributed by atoms with Crippen LogP contribution in [0.3, 0.4) is 0 Å². The summed E-state index contributed by atoms with van der Waals surface area (Å²) in [5.41, 5.74) is -13.3. The van der Waals surface area contributed by atoms with Crippen molar-refractivity contribution in [2.45, 2.75) is 11.0 Å². The maximum Gasteiger partial charge on any atom is 0.513 e. The van der Waals surface area contributed by atoms with Crippen LogP contribution < -0.4 is 0 Å². The highest BCUT2D eigenvalue weighted by Gasteiger charge is 2.66. The summed E-state index contributed by atoms with van der Waals surface area (Å²) in [7, 11) is -21.3. The molecular weight excluding hydrogens is 372 g/mol. The smallest absolute Gasteiger partial charge is 0.260 e. The van der Waals surface area contributed by atoms with Crippen LogP contribution in [0.15, 0.2) is 0 Å². The van der Waals surface area contributed by atoms with Crippen molar-refractivity contribution in [1.82, 2.24) is 3.12 Å². The Morgan fingerprint density at radius 2 is 1.00 bits per heavy atom. The fourth-order valence-electron chi connectivity index (χ4n) is 0.599. The van der Waals surface area contributed by atoms with Crippen LogP contribution in [0.1, 0.15) is 0 Å². The third-order valence-electron chi connectivity index (χ3n) is 1.37. The van der Waals surface area contributed by atoms with Crippen LogP contribution in [-0.4, -0.2) is 46.5 Å². The van der Waals surface area contributed by atoms with E-state index in [0.717, 1.165) is 0 Å². The molecule has 0 heterocycles. The number of hydrogen-bond acceptors (Lipinski definition) is 7. The zero-order valence-electron chi connectivity index (χ0n) is 8.80. The molecule has 0 bridgehead atoms. The minimum atomic E-state index is -7.44. The van der Waals surface area contributed by atoms with Crippen LogP contribution in [0, 0.1) is 0 Å². The van der Waals surface area contributed by atoms with Crippen molar-refractivity contribution in [2.24, 2.45) is 0 Å². The second kappa shape index (κ2) is 4.97. The molecule has 0 saturated carbocycles. The lowest BCUT2D eigenvalue weighted by Crippen LogP contribution is -2.52. The standard InChI is InChI=1S/C3H3F6NO7S3/c1-17-20(15,16)10(18(11,12)2(4,5)6)19(13,14)3(7,8)9/h1H3. The highest BCUT2D eigenvalue weighted by atomic mass is 32.3. The van der Waals surface area contributed by atoms with Gasteiger partial charge in [0.25, 0.3) is 0 Å². The molecule has 0 aliphatic heterocycles. The Morgan fingerprint density at radius 1 is 0.750 bits per heavy atom. The van der Waals surface area contributed by atoms with E-state index in [0.29, 0.717) is 0 Å². The topological polar surface area (TPSA) is 115 Å². The maximum atomic E-state index is 12.1. The molecule has 0 aromatic rings. The minimum absolute atomic E-state index is 0.0415. The van der Waals surface area contributed by atoms with Gasteiger partial charge in [0.1, 0.15) is 0 Å². The van der Waals surface area contributed by atoms with Gasteiger partial charge < -0.3 is 0 Å². The molecule has 0 amide bonds. The second-order valence-electron chi connectivity index (χ2n) is 2.66. The van der Waals surface area contributed by atoms with Gasteiger partial charge in [0.2, 0.25) is 0 Å². The molecule has 0 radical (unpaired) electrons. The number of halogens is 6. The fraction of sp³-hybridized carbons (Fsp3) is 1.00. The Bertz CT molecular complexity index is 624. The monoisotopic (exact) mass is 375 g/mol. The van der Waals surface area contributed by atoms with Gasteiger partial charge in [0.05, 0.1) is 10.2 Å². The Morgan fingerprint density at radius 3 is 1.15 bits per heavy atom. The Balaban J connectivity index is 6.69. The molecule has 17 heteroatoms. The van der Waals surface area contributed by atoms with Gasteiger partial charge in [0.15, 0.2) is 0 Å². The molecule has 122 valence electrons. The van der Waals surface area contributed by atoms with E-state index in [4.69, 9.17) is 0 Å². The Labute approximate surface area is 108 Å². The number of alkyl halides is 6. The average Bonchev–Trinajstić information content (AvgIpc) is 2.12. The van der Waals surface area contributed by atoms with Gasteiger partial charge in [-0.05, 0) is 0 Å². The first-order chi connectivity index (χ1) is 8.43. The summed E-state index contributed by atoms with van der Waals surface area (Å²) in [6.07, 6.45) is 0. The van der Waals surface area contributed by atoms with Gasteiger partial charge in [-0.15, -0.1) is 0 Å². The van der Waals surface area contributed by atoms with Crippen molar-refractivity contribution < 1.29 is 55.8 Å². The van der Waals surface area contributed by atoms with Gasteiger partial charge in [-0.25, -0.2) is 16.8 Å². The molecule has 0 aromatic heterocycles. The van der Waals surface area contributed by atoms with Crippen molar-refractivity contribution in [3.63, 3.8) is 0 Å². The summed E-state index contributed by atoms with van der Waals surface area (Å²) in [4.78, 5) is 0. The Hall–Kier alpha value is -0.650. The van der Waals surface area contributed by atoms with Gasteiger partial charge in [-0.3, -0.25) is 4.18 Å².